The SMILES string of the molecule is COc1ccc(C(CC(=O)O)CC(=O)N2CC(CCc3ccc4c(n3)NCCC4)C2)cn1. The van der Waals surface area contributed by atoms with E-state index in [4.69, 9.17) is 9.72 Å². The number of carbonyl (C=O) groups is 2. The number of hydrogen-bond donors (Lipinski definition) is 2. The normalized spacial score (nSPS) is 16.5. The van der Waals surface area contributed by atoms with Crippen molar-refractivity contribution in [1.82, 2.24) is 14.9 Å². The van der Waals surface area contributed by atoms with Crippen LogP contribution in [0.25, 0.3) is 0 Å². The van der Waals surface area contributed by atoms with Gasteiger partial charge in [-0.25, -0.2) is 9.97 Å². The zero-order chi connectivity index (χ0) is 22.5. The van der Waals surface area contributed by atoms with Gasteiger partial charge in [-0.3, -0.25) is 9.59 Å². The molecule has 170 valence electrons. The molecule has 0 bridgehead atoms. The van der Waals surface area contributed by atoms with Crippen LogP contribution in [0.3, 0.4) is 0 Å². The van der Waals surface area contributed by atoms with Crippen LogP contribution in [0, 0.1) is 5.92 Å². The second kappa shape index (κ2) is 9.97. The minimum Gasteiger partial charge on any atom is -0.481 e. The molecular weight excluding hydrogens is 408 g/mol. The zero-order valence-electron chi connectivity index (χ0n) is 18.4. The van der Waals surface area contributed by atoms with Crippen molar-refractivity contribution in [3.05, 3.63) is 47.3 Å². The summed E-state index contributed by atoms with van der Waals surface area (Å²) in [5, 5.41) is 12.7. The Morgan fingerprint density at radius 2 is 2.09 bits per heavy atom. The van der Waals surface area contributed by atoms with Gasteiger partial charge in [-0.05, 0) is 48.8 Å². The number of pyridine rings is 2. The number of amides is 1. The second-order valence-corrected chi connectivity index (χ2v) is 8.68. The highest BCUT2D eigenvalue weighted by Crippen LogP contribution is 2.29. The lowest BCUT2D eigenvalue weighted by atomic mass is 9.89. The predicted octanol–water partition coefficient (Wildman–Crippen LogP) is 2.88. The number of aliphatic carboxylic acids is 1. The molecule has 0 radical (unpaired) electrons. The summed E-state index contributed by atoms with van der Waals surface area (Å²) in [5.74, 6) is 0.627. The van der Waals surface area contributed by atoms with Crippen molar-refractivity contribution in [1.29, 1.82) is 0 Å². The smallest absolute Gasteiger partial charge is 0.303 e. The molecule has 0 aromatic carbocycles. The number of aromatic nitrogens is 2. The molecular formula is C24H30N4O4. The number of aryl methyl sites for hydroxylation is 2. The monoisotopic (exact) mass is 438 g/mol. The van der Waals surface area contributed by atoms with Gasteiger partial charge in [0.05, 0.1) is 13.5 Å². The molecule has 1 atom stereocenters. The van der Waals surface area contributed by atoms with Crippen LogP contribution in [-0.2, 0) is 22.4 Å². The molecule has 2 aromatic heterocycles. The first-order valence-corrected chi connectivity index (χ1v) is 11.2. The lowest BCUT2D eigenvalue weighted by molar-refractivity contribution is -0.139. The van der Waals surface area contributed by atoms with E-state index in [1.807, 2.05) is 4.90 Å². The van der Waals surface area contributed by atoms with Crippen molar-refractivity contribution in [2.45, 2.75) is 44.4 Å². The first kappa shape index (κ1) is 22.0. The molecule has 8 nitrogen and oxygen atoms in total. The summed E-state index contributed by atoms with van der Waals surface area (Å²) in [7, 11) is 1.53. The third kappa shape index (κ3) is 5.36. The number of hydrogen-bond acceptors (Lipinski definition) is 6. The van der Waals surface area contributed by atoms with E-state index in [2.05, 4.69) is 22.4 Å². The molecule has 4 rings (SSSR count). The van der Waals surface area contributed by atoms with Gasteiger partial charge in [0.1, 0.15) is 5.82 Å². The number of likely N-dealkylation sites (tertiary alicyclic amines) is 1. The van der Waals surface area contributed by atoms with Gasteiger partial charge in [-0.15, -0.1) is 0 Å². The van der Waals surface area contributed by atoms with E-state index >= 15 is 0 Å². The molecule has 1 unspecified atom stereocenters. The number of ether oxygens (including phenoxy) is 1. The first-order valence-electron chi connectivity index (χ1n) is 11.2. The van der Waals surface area contributed by atoms with Gasteiger partial charge < -0.3 is 20.1 Å². The maximum atomic E-state index is 12.8. The van der Waals surface area contributed by atoms with E-state index < -0.39 is 11.9 Å². The van der Waals surface area contributed by atoms with Crippen molar-refractivity contribution in [3.63, 3.8) is 0 Å². The highest BCUT2D eigenvalue weighted by atomic mass is 16.5. The molecule has 0 spiro atoms. The Morgan fingerprint density at radius 3 is 2.81 bits per heavy atom. The number of rotatable bonds is 9. The Balaban J connectivity index is 1.26. The molecule has 2 aliphatic heterocycles. The number of anilines is 1. The van der Waals surface area contributed by atoms with E-state index in [0.29, 0.717) is 11.8 Å². The quantitative estimate of drug-likeness (QED) is 0.620. The number of carboxylic acid groups (broad SMARTS) is 1. The molecule has 0 aliphatic carbocycles. The lowest BCUT2D eigenvalue weighted by Crippen LogP contribution is -2.50. The van der Waals surface area contributed by atoms with Crippen LogP contribution in [0.1, 0.15) is 48.4 Å². The van der Waals surface area contributed by atoms with Crippen molar-refractivity contribution in [2.75, 3.05) is 32.1 Å². The Kier molecular flexibility index (Phi) is 6.87. The maximum Gasteiger partial charge on any atom is 0.303 e. The number of carboxylic acids is 1. The van der Waals surface area contributed by atoms with Crippen LogP contribution in [0.5, 0.6) is 5.88 Å². The number of carbonyl (C=O) groups excluding carboxylic acids is 1. The van der Waals surface area contributed by atoms with E-state index in [0.717, 1.165) is 62.4 Å². The van der Waals surface area contributed by atoms with Gasteiger partial charge in [0.15, 0.2) is 0 Å². The van der Waals surface area contributed by atoms with Crippen molar-refractivity contribution in [3.8, 4) is 5.88 Å². The predicted molar refractivity (Wildman–Crippen MR) is 120 cm³/mol. The topological polar surface area (TPSA) is 105 Å². The largest absolute Gasteiger partial charge is 0.481 e. The molecule has 1 saturated heterocycles. The molecule has 2 aromatic rings. The van der Waals surface area contributed by atoms with E-state index in [1.54, 1.807) is 18.3 Å². The highest BCUT2D eigenvalue weighted by molar-refractivity contribution is 5.79. The Bertz CT molecular complexity index is 957. The average Bonchev–Trinajstić information content (AvgIpc) is 2.77. The molecule has 2 N–H and O–H groups in total. The second-order valence-electron chi connectivity index (χ2n) is 8.68. The molecule has 4 heterocycles. The minimum atomic E-state index is -0.924. The van der Waals surface area contributed by atoms with E-state index in [1.165, 1.54) is 12.7 Å². The highest BCUT2D eigenvalue weighted by Gasteiger charge is 2.32. The minimum absolute atomic E-state index is 0.000534. The van der Waals surface area contributed by atoms with Crippen LogP contribution >= 0.6 is 0 Å². The third-order valence-electron chi connectivity index (χ3n) is 6.35. The van der Waals surface area contributed by atoms with Gasteiger partial charge in [0.2, 0.25) is 11.8 Å². The van der Waals surface area contributed by atoms with Crippen LogP contribution in [0.2, 0.25) is 0 Å². The summed E-state index contributed by atoms with van der Waals surface area (Å²) in [5.41, 5.74) is 3.13. The Hall–Kier alpha value is -3.16. The molecule has 32 heavy (non-hydrogen) atoms. The number of nitrogens with one attached hydrogen (secondary N) is 1. The zero-order valence-corrected chi connectivity index (χ0v) is 18.4. The fourth-order valence-electron chi connectivity index (χ4n) is 4.43. The summed E-state index contributed by atoms with van der Waals surface area (Å²) in [6, 6.07) is 7.77. The van der Waals surface area contributed by atoms with Crippen LogP contribution < -0.4 is 10.1 Å². The van der Waals surface area contributed by atoms with Gasteiger partial charge in [-0.2, -0.15) is 0 Å². The molecule has 2 aliphatic rings. The van der Waals surface area contributed by atoms with Gasteiger partial charge in [-0.1, -0.05) is 12.1 Å². The summed E-state index contributed by atoms with van der Waals surface area (Å²) in [6.07, 6.45) is 5.81. The summed E-state index contributed by atoms with van der Waals surface area (Å²) >= 11 is 0. The molecule has 1 amide bonds. The summed E-state index contributed by atoms with van der Waals surface area (Å²) < 4.78 is 5.06. The number of fused-ring (bicyclic) bond motifs is 1. The van der Waals surface area contributed by atoms with E-state index in [9.17, 15) is 14.7 Å². The van der Waals surface area contributed by atoms with Gasteiger partial charge in [0.25, 0.3) is 0 Å². The molecule has 1 fully saturated rings. The lowest BCUT2D eigenvalue weighted by Gasteiger charge is -2.40. The fraction of sp³-hybridized carbons (Fsp3) is 0.500. The van der Waals surface area contributed by atoms with Crippen LogP contribution in [0.4, 0.5) is 5.82 Å². The Morgan fingerprint density at radius 1 is 1.25 bits per heavy atom. The Labute approximate surface area is 188 Å². The van der Waals surface area contributed by atoms with Crippen LogP contribution in [0.15, 0.2) is 30.5 Å². The van der Waals surface area contributed by atoms with Crippen molar-refractivity contribution >= 4 is 17.7 Å². The molecule has 0 saturated carbocycles. The summed E-state index contributed by atoms with van der Waals surface area (Å²) in [4.78, 5) is 34.8. The van der Waals surface area contributed by atoms with E-state index in [-0.39, 0.29) is 18.7 Å². The van der Waals surface area contributed by atoms with Crippen molar-refractivity contribution in [2.24, 2.45) is 5.92 Å². The van der Waals surface area contributed by atoms with Crippen LogP contribution in [-0.4, -0.2) is 58.6 Å². The van der Waals surface area contributed by atoms with Crippen molar-refractivity contribution < 1.29 is 19.4 Å². The average molecular weight is 439 g/mol. The third-order valence-corrected chi connectivity index (χ3v) is 6.35. The number of nitrogens with zero attached hydrogens (tertiary/aromatic N) is 3. The van der Waals surface area contributed by atoms with Gasteiger partial charge >= 0.3 is 5.97 Å². The summed E-state index contributed by atoms with van der Waals surface area (Å²) in [6.45, 7) is 2.43. The maximum absolute atomic E-state index is 12.8. The number of methoxy groups -OCH3 is 1. The fourth-order valence-corrected chi connectivity index (χ4v) is 4.43. The van der Waals surface area contributed by atoms with Gasteiger partial charge in [0, 0.05) is 49.9 Å². The standard InChI is InChI=1S/C24H30N4O4/c1-32-21-9-6-18(13-26-21)19(12-23(30)31)11-22(29)28-14-16(15-28)4-7-20-8-5-17-3-2-10-25-24(17)27-20/h5-6,8-9,13,16,19H,2-4,7,10-12,14-15H2,1H3,(H,25,27)(H,30,31). The first-order chi connectivity index (χ1) is 15.5. The molecule has 8 heteroatoms.